The average Bonchev–Trinajstić information content (AvgIpc) is 2.84. The highest BCUT2D eigenvalue weighted by atomic mass is 16.5. The Bertz CT molecular complexity index is 1040. The average molecular weight is 427 g/mol. The van der Waals surface area contributed by atoms with E-state index in [0.29, 0.717) is 0 Å². The van der Waals surface area contributed by atoms with Crippen LogP contribution >= 0.6 is 0 Å². The van der Waals surface area contributed by atoms with Crippen LogP contribution in [0, 0.1) is 0 Å². The highest BCUT2D eigenvalue weighted by Crippen LogP contribution is 2.44. The molecule has 0 aromatic heterocycles. The molecule has 0 aliphatic rings. The topological polar surface area (TPSA) is 58.9 Å². The molecule has 4 heteroatoms. The first-order valence-corrected chi connectivity index (χ1v) is 10.4. The van der Waals surface area contributed by atoms with Gasteiger partial charge in [0.2, 0.25) is 0 Å². The Hall–Kier alpha value is -3.92. The zero-order valence-corrected chi connectivity index (χ0v) is 18.1. The van der Waals surface area contributed by atoms with Crippen molar-refractivity contribution >= 4 is 0 Å². The van der Waals surface area contributed by atoms with Crippen molar-refractivity contribution in [3.63, 3.8) is 0 Å². The Morgan fingerprint density at radius 3 is 0.938 bits per heavy atom. The SMILES string of the molecule is COc1ccc(C(c2ccc(OC)cc2)C(c2ccc(O)cc2)c2ccc(O)cc2)cc1. The molecular weight excluding hydrogens is 400 g/mol. The lowest BCUT2D eigenvalue weighted by atomic mass is 9.73. The van der Waals surface area contributed by atoms with Gasteiger partial charge in [0, 0.05) is 11.8 Å². The number of phenolic OH excluding ortho intramolecular Hbond substituents is 2. The summed E-state index contributed by atoms with van der Waals surface area (Å²) < 4.78 is 10.7. The third kappa shape index (κ3) is 4.54. The Morgan fingerprint density at radius 2 is 0.688 bits per heavy atom. The molecule has 0 aliphatic carbocycles. The number of methoxy groups -OCH3 is 2. The molecule has 0 bridgehead atoms. The standard InChI is InChI=1S/C28H26O4/c1-31-25-15-7-21(8-16-25)28(22-9-17-26(32-2)18-10-22)27(19-3-11-23(29)12-4-19)20-5-13-24(30)14-6-20/h3-18,27-30H,1-2H3. The van der Waals surface area contributed by atoms with Gasteiger partial charge in [0.15, 0.2) is 0 Å². The fourth-order valence-corrected chi connectivity index (χ4v) is 4.14. The van der Waals surface area contributed by atoms with Crippen molar-refractivity contribution in [3.05, 3.63) is 119 Å². The first-order valence-electron chi connectivity index (χ1n) is 10.4. The van der Waals surface area contributed by atoms with Gasteiger partial charge in [-0.1, -0.05) is 48.5 Å². The van der Waals surface area contributed by atoms with Gasteiger partial charge in [0.1, 0.15) is 23.0 Å². The smallest absolute Gasteiger partial charge is 0.118 e. The van der Waals surface area contributed by atoms with Gasteiger partial charge in [-0.15, -0.1) is 0 Å². The van der Waals surface area contributed by atoms with Crippen LogP contribution in [-0.4, -0.2) is 24.4 Å². The molecule has 0 atom stereocenters. The molecule has 0 fully saturated rings. The molecule has 0 saturated heterocycles. The van der Waals surface area contributed by atoms with Gasteiger partial charge < -0.3 is 19.7 Å². The Kier molecular flexibility index (Phi) is 6.31. The summed E-state index contributed by atoms with van der Waals surface area (Å²) >= 11 is 0. The van der Waals surface area contributed by atoms with E-state index >= 15 is 0 Å². The van der Waals surface area contributed by atoms with Gasteiger partial charge >= 0.3 is 0 Å². The minimum absolute atomic E-state index is 0.0269. The summed E-state index contributed by atoms with van der Waals surface area (Å²) in [6.07, 6.45) is 0. The molecule has 32 heavy (non-hydrogen) atoms. The van der Waals surface area contributed by atoms with Crippen LogP contribution in [0.1, 0.15) is 34.1 Å². The number of hydrogen-bond donors (Lipinski definition) is 2. The third-order valence-corrected chi connectivity index (χ3v) is 5.79. The lowest BCUT2D eigenvalue weighted by Crippen LogP contribution is -2.15. The number of aromatic hydroxyl groups is 2. The third-order valence-electron chi connectivity index (χ3n) is 5.79. The molecule has 0 unspecified atom stereocenters. The molecule has 4 aromatic carbocycles. The van der Waals surface area contributed by atoms with Gasteiger partial charge in [-0.2, -0.15) is 0 Å². The van der Waals surface area contributed by atoms with Gasteiger partial charge in [-0.05, 0) is 70.8 Å². The summed E-state index contributed by atoms with van der Waals surface area (Å²) in [4.78, 5) is 0. The summed E-state index contributed by atoms with van der Waals surface area (Å²) in [6, 6.07) is 30.9. The minimum atomic E-state index is -0.0574. The van der Waals surface area contributed by atoms with Crippen molar-refractivity contribution in [1.82, 2.24) is 0 Å². The molecule has 4 rings (SSSR count). The fraction of sp³-hybridized carbons (Fsp3) is 0.143. The Balaban J connectivity index is 1.91. The Labute approximate surface area is 188 Å². The van der Waals surface area contributed by atoms with Crippen molar-refractivity contribution < 1.29 is 19.7 Å². The molecule has 4 aromatic rings. The second kappa shape index (κ2) is 9.48. The predicted octanol–water partition coefficient (Wildman–Crippen LogP) is 6.08. The van der Waals surface area contributed by atoms with E-state index in [4.69, 9.17) is 9.47 Å². The first kappa shape index (κ1) is 21.3. The summed E-state index contributed by atoms with van der Waals surface area (Å²) in [5, 5.41) is 19.7. The van der Waals surface area contributed by atoms with Crippen LogP contribution in [0.15, 0.2) is 97.1 Å². The predicted molar refractivity (Wildman–Crippen MR) is 126 cm³/mol. The van der Waals surface area contributed by atoms with E-state index in [2.05, 4.69) is 24.3 Å². The second-order valence-corrected chi connectivity index (χ2v) is 7.68. The molecule has 0 saturated carbocycles. The zero-order valence-electron chi connectivity index (χ0n) is 18.1. The number of phenols is 2. The van der Waals surface area contributed by atoms with Gasteiger partial charge in [-0.25, -0.2) is 0 Å². The maximum Gasteiger partial charge on any atom is 0.118 e. The number of rotatable bonds is 7. The highest BCUT2D eigenvalue weighted by Gasteiger charge is 2.28. The molecule has 162 valence electrons. The van der Waals surface area contributed by atoms with Crippen molar-refractivity contribution in [1.29, 1.82) is 0 Å². The largest absolute Gasteiger partial charge is 0.508 e. The maximum atomic E-state index is 9.87. The first-order chi connectivity index (χ1) is 15.6. The minimum Gasteiger partial charge on any atom is -0.508 e. The molecule has 0 spiro atoms. The summed E-state index contributed by atoms with van der Waals surface area (Å²) in [5.41, 5.74) is 4.37. The van der Waals surface area contributed by atoms with E-state index in [0.717, 1.165) is 33.8 Å². The van der Waals surface area contributed by atoms with Crippen LogP contribution in [0.5, 0.6) is 23.0 Å². The molecular formula is C28H26O4. The molecule has 0 radical (unpaired) electrons. The molecule has 0 aliphatic heterocycles. The van der Waals surface area contributed by atoms with Gasteiger partial charge in [0.25, 0.3) is 0 Å². The number of hydrogen-bond acceptors (Lipinski definition) is 4. The van der Waals surface area contributed by atoms with Crippen molar-refractivity contribution in [3.8, 4) is 23.0 Å². The highest BCUT2D eigenvalue weighted by molar-refractivity contribution is 5.48. The van der Waals surface area contributed by atoms with Crippen LogP contribution in [0.3, 0.4) is 0 Å². The summed E-state index contributed by atoms with van der Waals surface area (Å²) in [6.45, 7) is 0. The molecule has 2 N–H and O–H groups in total. The van der Waals surface area contributed by atoms with E-state index in [9.17, 15) is 10.2 Å². The quantitative estimate of drug-likeness (QED) is 0.376. The summed E-state index contributed by atoms with van der Waals surface area (Å²) in [7, 11) is 3.32. The Morgan fingerprint density at radius 1 is 0.438 bits per heavy atom. The summed E-state index contributed by atoms with van der Waals surface area (Å²) in [5.74, 6) is 1.97. The zero-order chi connectivity index (χ0) is 22.5. The fourth-order valence-electron chi connectivity index (χ4n) is 4.14. The number of ether oxygens (including phenoxy) is 2. The van der Waals surface area contributed by atoms with Crippen LogP contribution in [-0.2, 0) is 0 Å². The van der Waals surface area contributed by atoms with E-state index < -0.39 is 0 Å². The van der Waals surface area contributed by atoms with Gasteiger partial charge in [-0.3, -0.25) is 0 Å². The van der Waals surface area contributed by atoms with Crippen LogP contribution in [0.2, 0.25) is 0 Å². The molecule has 4 nitrogen and oxygen atoms in total. The van der Waals surface area contributed by atoms with Crippen LogP contribution in [0.4, 0.5) is 0 Å². The lowest BCUT2D eigenvalue weighted by Gasteiger charge is -2.30. The van der Waals surface area contributed by atoms with Crippen LogP contribution in [0.25, 0.3) is 0 Å². The van der Waals surface area contributed by atoms with Gasteiger partial charge in [0.05, 0.1) is 14.2 Å². The number of benzene rings is 4. The van der Waals surface area contributed by atoms with Crippen molar-refractivity contribution in [2.45, 2.75) is 11.8 Å². The van der Waals surface area contributed by atoms with E-state index in [1.54, 1.807) is 38.5 Å². The maximum absolute atomic E-state index is 9.87. The lowest BCUT2D eigenvalue weighted by molar-refractivity contribution is 0.414. The van der Waals surface area contributed by atoms with E-state index in [1.165, 1.54) is 0 Å². The van der Waals surface area contributed by atoms with Crippen LogP contribution < -0.4 is 9.47 Å². The molecule has 0 heterocycles. The van der Waals surface area contributed by atoms with Crippen molar-refractivity contribution in [2.24, 2.45) is 0 Å². The van der Waals surface area contributed by atoms with E-state index in [1.807, 2.05) is 48.5 Å². The van der Waals surface area contributed by atoms with Crippen molar-refractivity contribution in [2.75, 3.05) is 14.2 Å². The normalized spacial score (nSPS) is 11.0. The van der Waals surface area contributed by atoms with E-state index in [-0.39, 0.29) is 23.3 Å². The monoisotopic (exact) mass is 426 g/mol. The second-order valence-electron chi connectivity index (χ2n) is 7.68. The molecule has 0 amide bonds.